The summed E-state index contributed by atoms with van der Waals surface area (Å²) >= 11 is 0. The average Bonchev–Trinajstić information content (AvgIpc) is 2.32. The second kappa shape index (κ2) is 3.19. The van der Waals surface area contributed by atoms with Crippen molar-refractivity contribution >= 4 is 5.91 Å². The minimum atomic E-state index is -0.240. The van der Waals surface area contributed by atoms with Crippen LogP contribution in [0.25, 0.3) is 0 Å². The van der Waals surface area contributed by atoms with E-state index in [9.17, 15) is 10.0 Å². The summed E-state index contributed by atoms with van der Waals surface area (Å²) in [6.07, 6.45) is 0.759. The third-order valence-corrected chi connectivity index (χ3v) is 2.16. The fourth-order valence-corrected chi connectivity index (χ4v) is 1.18. The first kappa shape index (κ1) is 8.49. The first-order chi connectivity index (χ1) is 5.16. The third kappa shape index (κ3) is 1.52. The van der Waals surface area contributed by atoms with Crippen LogP contribution in [-0.2, 0) is 4.79 Å². The van der Waals surface area contributed by atoms with Gasteiger partial charge in [0.1, 0.15) is 6.17 Å². The monoisotopic (exact) mass is 158 g/mol. The molecule has 1 aliphatic heterocycles. The minimum Gasteiger partial charge on any atom is -0.286 e. The average molecular weight is 158 g/mol. The Bertz CT molecular complexity index is 161. The summed E-state index contributed by atoms with van der Waals surface area (Å²) in [4.78, 5) is 10.8. The van der Waals surface area contributed by atoms with Crippen LogP contribution in [0.4, 0.5) is 0 Å². The summed E-state index contributed by atoms with van der Waals surface area (Å²) in [5, 5.41) is 12.9. The molecular weight excluding hydrogens is 144 g/mol. The highest BCUT2D eigenvalue weighted by molar-refractivity contribution is 5.79. The normalized spacial score (nSPS) is 27.7. The summed E-state index contributed by atoms with van der Waals surface area (Å²) in [5.41, 5.74) is 0. The van der Waals surface area contributed by atoms with Crippen LogP contribution in [0.3, 0.4) is 0 Å². The Morgan fingerprint density at radius 2 is 2.55 bits per heavy atom. The fourth-order valence-electron chi connectivity index (χ4n) is 1.18. The van der Waals surface area contributed by atoms with E-state index in [2.05, 4.69) is 5.32 Å². The second-order valence-corrected chi connectivity index (χ2v) is 2.95. The van der Waals surface area contributed by atoms with Gasteiger partial charge < -0.3 is 0 Å². The molecule has 0 aromatic carbocycles. The number of nitrogens with zero attached hydrogens (tertiary/aromatic N) is 1. The lowest BCUT2D eigenvalue weighted by Gasteiger charge is -2.22. The predicted molar refractivity (Wildman–Crippen MR) is 39.9 cm³/mol. The Hall–Kier alpha value is -0.610. The molecule has 1 fully saturated rings. The molecule has 0 bridgehead atoms. The molecule has 1 aliphatic rings. The van der Waals surface area contributed by atoms with Crippen molar-refractivity contribution in [1.29, 1.82) is 0 Å². The van der Waals surface area contributed by atoms with Gasteiger partial charge in [0, 0.05) is 0 Å². The number of carbonyl (C=O) groups excluding carboxylic acids is 1. The van der Waals surface area contributed by atoms with Gasteiger partial charge in [0.25, 0.3) is 5.91 Å². The lowest BCUT2D eigenvalue weighted by atomic mass is 10.1. The molecule has 1 saturated heterocycles. The molecule has 2 unspecified atom stereocenters. The highest BCUT2D eigenvalue weighted by Crippen LogP contribution is 2.14. The zero-order valence-electron chi connectivity index (χ0n) is 6.87. The van der Waals surface area contributed by atoms with Gasteiger partial charge in [-0.1, -0.05) is 20.3 Å². The van der Waals surface area contributed by atoms with E-state index >= 15 is 0 Å². The molecule has 0 aromatic rings. The van der Waals surface area contributed by atoms with E-state index in [0.717, 1.165) is 11.5 Å². The maximum Gasteiger partial charge on any atom is 0.261 e. The Morgan fingerprint density at radius 3 is 2.91 bits per heavy atom. The van der Waals surface area contributed by atoms with E-state index in [4.69, 9.17) is 0 Å². The zero-order valence-corrected chi connectivity index (χ0v) is 6.87. The molecule has 4 nitrogen and oxygen atoms in total. The van der Waals surface area contributed by atoms with Gasteiger partial charge in [0.05, 0.1) is 6.54 Å². The lowest BCUT2D eigenvalue weighted by molar-refractivity contribution is -0.169. The maximum absolute atomic E-state index is 10.8. The summed E-state index contributed by atoms with van der Waals surface area (Å²) < 4.78 is 0. The number of rotatable bonds is 2. The predicted octanol–water partition coefficient (Wildman–Crippen LogP) is 0.180. The number of nitrogens with one attached hydrogen (secondary N) is 1. The minimum absolute atomic E-state index is 0.188. The standard InChI is InChI=1S/C7H14N2O2/c1-3-5(2)7-8-4-6(10)9(7)11/h5,7-8,11H,3-4H2,1-2H3. The van der Waals surface area contributed by atoms with Crippen molar-refractivity contribution in [2.75, 3.05) is 6.54 Å². The summed E-state index contributed by atoms with van der Waals surface area (Å²) in [5.74, 6) is 0.0572. The molecule has 2 atom stereocenters. The van der Waals surface area contributed by atoms with Crippen LogP contribution in [0, 0.1) is 5.92 Å². The van der Waals surface area contributed by atoms with Crippen molar-refractivity contribution in [2.45, 2.75) is 26.4 Å². The first-order valence-electron chi connectivity index (χ1n) is 3.91. The summed E-state index contributed by atoms with van der Waals surface area (Å²) in [6, 6.07) is 0. The largest absolute Gasteiger partial charge is 0.286 e. The van der Waals surface area contributed by atoms with Gasteiger partial charge >= 0.3 is 0 Å². The number of hydroxylamine groups is 2. The van der Waals surface area contributed by atoms with Crippen molar-refractivity contribution in [3.05, 3.63) is 0 Å². The molecule has 0 radical (unpaired) electrons. The Balaban J connectivity index is 2.54. The van der Waals surface area contributed by atoms with Gasteiger partial charge in [0.15, 0.2) is 0 Å². The van der Waals surface area contributed by atoms with Gasteiger partial charge in [-0.05, 0) is 5.92 Å². The molecule has 1 rings (SSSR count). The Kier molecular flexibility index (Phi) is 2.46. The van der Waals surface area contributed by atoms with Crippen LogP contribution in [0.15, 0.2) is 0 Å². The molecule has 2 N–H and O–H groups in total. The van der Waals surface area contributed by atoms with E-state index < -0.39 is 0 Å². The van der Waals surface area contributed by atoms with E-state index in [0.29, 0.717) is 5.92 Å². The highest BCUT2D eigenvalue weighted by atomic mass is 16.5. The van der Waals surface area contributed by atoms with Gasteiger partial charge in [-0.25, -0.2) is 5.06 Å². The van der Waals surface area contributed by atoms with Crippen molar-refractivity contribution in [2.24, 2.45) is 5.92 Å². The molecule has 1 amide bonds. The van der Waals surface area contributed by atoms with Crippen LogP contribution in [0.1, 0.15) is 20.3 Å². The zero-order chi connectivity index (χ0) is 8.43. The third-order valence-electron chi connectivity index (χ3n) is 2.16. The molecule has 0 spiro atoms. The molecule has 11 heavy (non-hydrogen) atoms. The Labute approximate surface area is 66.1 Å². The van der Waals surface area contributed by atoms with Gasteiger partial charge in [0.2, 0.25) is 0 Å². The number of hydrogen-bond donors (Lipinski definition) is 2. The van der Waals surface area contributed by atoms with Crippen molar-refractivity contribution in [1.82, 2.24) is 10.4 Å². The highest BCUT2D eigenvalue weighted by Gasteiger charge is 2.32. The Morgan fingerprint density at radius 1 is 1.91 bits per heavy atom. The molecule has 0 aliphatic carbocycles. The van der Waals surface area contributed by atoms with Gasteiger partial charge in [-0.2, -0.15) is 0 Å². The second-order valence-electron chi connectivity index (χ2n) is 2.95. The number of amides is 1. The smallest absolute Gasteiger partial charge is 0.261 e. The van der Waals surface area contributed by atoms with Crippen LogP contribution >= 0.6 is 0 Å². The van der Waals surface area contributed by atoms with Crippen LogP contribution in [-0.4, -0.2) is 28.9 Å². The molecule has 64 valence electrons. The van der Waals surface area contributed by atoms with Crippen LogP contribution in [0.5, 0.6) is 0 Å². The maximum atomic E-state index is 10.8. The van der Waals surface area contributed by atoms with E-state index in [1.165, 1.54) is 0 Å². The summed E-state index contributed by atoms with van der Waals surface area (Å²) in [6.45, 7) is 4.29. The number of carbonyl (C=O) groups is 1. The molecule has 0 saturated carbocycles. The molecular formula is C7H14N2O2. The van der Waals surface area contributed by atoms with E-state index in [1.54, 1.807) is 0 Å². The van der Waals surface area contributed by atoms with Crippen molar-refractivity contribution in [3.63, 3.8) is 0 Å². The fraction of sp³-hybridized carbons (Fsp3) is 0.857. The summed E-state index contributed by atoms with van der Waals surface area (Å²) in [7, 11) is 0. The van der Waals surface area contributed by atoms with E-state index in [-0.39, 0.29) is 18.6 Å². The van der Waals surface area contributed by atoms with Gasteiger partial charge in [-0.15, -0.1) is 0 Å². The van der Waals surface area contributed by atoms with Crippen LogP contribution in [0.2, 0.25) is 0 Å². The van der Waals surface area contributed by atoms with Gasteiger partial charge in [-0.3, -0.25) is 15.3 Å². The molecule has 0 aromatic heterocycles. The molecule has 4 heteroatoms. The topological polar surface area (TPSA) is 52.6 Å². The SMILES string of the molecule is CCC(C)C1NCC(=O)N1O. The van der Waals surface area contributed by atoms with Crippen molar-refractivity contribution < 1.29 is 10.0 Å². The quantitative estimate of drug-likeness (QED) is 0.564. The van der Waals surface area contributed by atoms with Crippen molar-refractivity contribution in [3.8, 4) is 0 Å². The first-order valence-corrected chi connectivity index (χ1v) is 3.91. The van der Waals surface area contributed by atoms with E-state index in [1.807, 2.05) is 13.8 Å². The number of hydrogen-bond acceptors (Lipinski definition) is 3. The molecule has 1 heterocycles. The lowest BCUT2D eigenvalue weighted by Crippen LogP contribution is -2.39. The van der Waals surface area contributed by atoms with Crippen LogP contribution < -0.4 is 5.32 Å².